The molecule has 1 aromatic heterocycles. The highest BCUT2D eigenvalue weighted by Gasteiger charge is 2.13. The van der Waals surface area contributed by atoms with E-state index in [1.807, 2.05) is 6.92 Å². The molecule has 104 valence electrons. The molecule has 1 heterocycles. The maximum absolute atomic E-state index is 6.06. The second-order valence-corrected chi connectivity index (χ2v) is 5.63. The van der Waals surface area contributed by atoms with E-state index in [0.29, 0.717) is 26.4 Å². The summed E-state index contributed by atoms with van der Waals surface area (Å²) in [6.45, 7) is 1.83. The Morgan fingerprint density at radius 2 is 1.80 bits per heavy atom. The number of halogens is 3. The third-order valence-electron chi connectivity index (χ3n) is 2.45. The predicted octanol–water partition coefficient (Wildman–Crippen LogP) is 4.78. The van der Waals surface area contributed by atoms with Crippen LogP contribution in [-0.2, 0) is 0 Å². The van der Waals surface area contributed by atoms with Crippen molar-refractivity contribution in [3.8, 4) is 11.6 Å². The molecule has 1 aromatic carbocycles. The van der Waals surface area contributed by atoms with Crippen molar-refractivity contribution in [1.82, 2.24) is 4.98 Å². The molecule has 0 fully saturated rings. The van der Waals surface area contributed by atoms with Crippen molar-refractivity contribution < 1.29 is 4.74 Å². The normalized spacial score (nSPS) is 10.4. The molecule has 0 aliphatic carbocycles. The van der Waals surface area contributed by atoms with Gasteiger partial charge in [0.2, 0.25) is 5.88 Å². The maximum Gasteiger partial charge on any atom is 0.229 e. The summed E-state index contributed by atoms with van der Waals surface area (Å²) in [6.07, 6.45) is 0. The van der Waals surface area contributed by atoms with E-state index in [2.05, 4.69) is 4.98 Å². The average molecular weight is 348 g/mol. The number of pyridine rings is 1. The third kappa shape index (κ3) is 3.33. The molecule has 0 atom stereocenters. The van der Waals surface area contributed by atoms with Crippen molar-refractivity contribution in [2.24, 2.45) is 5.73 Å². The van der Waals surface area contributed by atoms with Crippen molar-refractivity contribution in [2.75, 3.05) is 0 Å². The van der Waals surface area contributed by atoms with Crippen LogP contribution in [0, 0.1) is 6.92 Å². The number of hydrogen-bond acceptors (Lipinski definition) is 3. The zero-order valence-corrected chi connectivity index (χ0v) is 13.4. The summed E-state index contributed by atoms with van der Waals surface area (Å²) < 4.78 is 5.66. The van der Waals surface area contributed by atoms with Gasteiger partial charge in [-0.15, -0.1) is 0 Å². The van der Waals surface area contributed by atoms with Gasteiger partial charge in [-0.1, -0.05) is 47.0 Å². The van der Waals surface area contributed by atoms with E-state index in [1.54, 1.807) is 12.1 Å². The van der Waals surface area contributed by atoms with Gasteiger partial charge in [-0.05, 0) is 25.1 Å². The Hall–Kier alpha value is -1.07. The van der Waals surface area contributed by atoms with Crippen LogP contribution >= 0.6 is 47.0 Å². The van der Waals surface area contributed by atoms with Crippen LogP contribution in [0.4, 0.5) is 0 Å². The van der Waals surface area contributed by atoms with E-state index in [4.69, 9.17) is 57.5 Å². The summed E-state index contributed by atoms with van der Waals surface area (Å²) in [5, 5.41) is 0.989. The summed E-state index contributed by atoms with van der Waals surface area (Å²) in [5.74, 6) is 0.606. The van der Waals surface area contributed by atoms with Crippen LogP contribution in [0.3, 0.4) is 0 Å². The lowest BCUT2D eigenvalue weighted by molar-refractivity contribution is 0.461. The Bertz CT molecular complexity index is 692. The van der Waals surface area contributed by atoms with Crippen molar-refractivity contribution in [2.45, 2.75) is 6.92 Å². The summed E-state index contributed by atoms with van der Waals surface area (Å²) in [4.78, 5) is 4.44. The fourth-order valence-electron chi connectivity index (χ4n) is 1.48. The van der Waals surface area contributed by atoms with Crippen LogP contribution in [0.5, 0.6) is 11.6 Å². The van der Waals surface area contributed by atoms with E-state index in [1.165, 1.54) is 12.1 Å². The highest BCUT2D eigenvalue weighted by Crippen LogP contribution is 2.36. The lowest BCUT2D eigenvalue weighted by Gasteiger charge is -2.12. The largest absolute Gasteiger partial charge is 0.437 e. The predicted molar refractivity (Wildman–Crippen MR) is 86.4 cm³/mol. The van der Waals surface area contributed by atoms with Gasteiger partial charge in [0.05, 0.1) is 20.6 Å². The second-order valence-electron chi connectivity index (χ2n) is 3.97. The average Bonchev–Trinajstić information content (AvgIpc) is 2.35. The molecule has 7 heteroatoms. The molecule has 2 N–H and O–H groups in total. The molecular formula is C13H9Cl3N2OS. The smallest absolute Gasteiger partial charge is 0.229 e. The molecule has 0 bridgehead atoms. The molecule has 0 aliphatic heterocycles. The zero-order valence-electron chi connectivity index (χ0n) is 10.3. The molecule has 2 rings (SSSR count). The first-order chi connectivity index (χ1) is 9.38. The number of aryl methyl sites for hydroxylation is 1. The topological polar surface area (TPSA) is 48.1 Å². The Morgan fingerprint density at radius 1 is 1.15 bits per heavy atom. The quantitative estimate of drug-likeness (QED) is 0.641. The standard InChI is InChI=1S/C13H9Cl3N2OS/c1-6-2-3-7(12(17)20)13(18-6)19-11-5-9(15)8(14)4-10(11)16/h2-5H,1H3,(H2,17,20). The van der Waals surface area contributed by atoms with Crippen LogP contribution in [0.25, 0.3) is 0 Å². The second kappa shape index (κ2) is 6.14. The van der Waals surface area contributed by atoms with Gasteiger partial charge in [0.15, 0.2) is 0 Å². The van der Waals surface area contributed by atoms with Crippen molar-refractivity contribution in [3.63, 3.8) is 0 Å². The third-order valence-corrected chi connectivity index (χ3v) is 3.68. The lowest BCUT2D eigenvalue weighted by Crippen LogP contribution is -2.12. The number of nitrogens with zero attached hydrogens (tertiary/aromatic N) is 1. The number of benzene rings is 1. The molecule has 0 saturated carbocycles. The van der Waals surface area contributed by atoms with E-state index in [0.717, 1.165) is 5.69 Å². The first-order valence-corrected chi connectivity index (χ1v) is 7.02. The minimum absolute atomic E-state index is 0.184. The van der Waals surface area contributed by atoms with Crippen LogP contribution < -0.4 is 10.5 Å². The fourth-order valence-corrected chi connectivity index (χ4v) is 2.22. The van der Waals surface area contributed by atoms with Gasteiger partial charge in [-0.3, -0.25) is 0 Å². The molecule has 3 nitrogen and oxygen atoms in total. The first kappa shape index (κ1) is 15.3. The maximum atomic E-state index is 6.06. The van der Waals surface area contributed by atoms with E-state index >= 15 is 0 Å². The van der Waals surface area contributed by atoms with Gasteiger partial charge >= 0.3 is 0 Å². The van der Waals surface area contributed by atoms with Crippen LogP contribution in [-0.4, -0.2) is 9.97 Å². The number of hydrogen-bond donors (Lipinski definition) is 1. The SMILES string of the molecule is Cc1ccc(C(N)=S)c(Oc2cc(Cl)c(Cl)cc2Cl)n1. The summed E-state index contributed by atoms with van der Waals surface area (Å²) >= 11 is 22.8. The summed E-state index contributed by atoms with van der Waals surface area (Å²) in [7, 11) is 0. The Labute approximate surface area is 136 Å². The molecule has 0 radical (unpaired) electrons. The van der Waals surface area contributed by atoms with Crippen molar-refractivity contribution in [3.05, 3.63) is 50.6 Å². The molecule has 0 amide bonds. The van der Waals surface area contributed by atoms with Gasteiger partial charge in [-0.2, -0.15) is 0 Å². The number of thiocarbonyl (C=S) groups is 1. The number of ether oxygens (including phenoxy) is 1. The zero-order chi connectivity index (χ0) is 14.9. The number of aromatic nitrogens is 1. The fraction of sp³-hybridized carbons (Fsp3) is 0.0769. The molecule has 2 aromatic rings. The minimum atomic E-state index is 0.184. The monoisotopic (exact) mass is 346 g/mol. The highest BCUT2D eigenvalue weighted by molar-refractivity contribution is 7.80. The molecule has 0 unspecified atom stereocenters. The summed E-state index contributed by atoms with van der Waals surface area (Å²) in [5.41, 5.74) is 6.92. The Balaban J connectivity index is 2.47. The van der Waals surface area contributed by atoms with Crippen LogP contribution in [0.1, 0.15) is 11.3 Å². The minimum Gasteiger partial charge on any atom is -0.437 e. The van der Waals surface area contributed by atoms with Crippen LogP contribution in [0.2, 0.25) is 15.1 Å². The van der Waals surface area contributed by atoms with Crippen LogP contribution in [0.15, 0.2) is 24.3 Å². The van der Waals surface area contributed by atoms with E-state index in [9.17, 15) is 0 Å². The van der Waals surface area contributed by atoms with Crippen molar-refractivity contribution in [1.29, 1.82) is 0 Å². The van der Waals surface area contributed by atoms with Gasteiger partial charge < -0.3 is 10.5 Å². The highest BCUT2D eigenvalue weighted by atomic mass is 35.5. The van der Waals surface area contributed by atoms with E-state index < -0.39 is 0 Å². The van der Waals surface area contributed by atoms with Gasteiger partial charge in [0.25, 0.3) is 0 Å². The molecule has 0 saturated heterocycles. The Morgan fingerprint density at radius 3 is 2.45 bits per heavy atom. The first-order valence-electron chi connectivity index (χ1n) is 5.48. The van der Waals surface area contributed by atoms with Gasteiger partial charge in [0, 0.05) is 11.8 Å². The van der Waals surface area contributed by atoms with Gasteiger partial charge in [0.1, 0.15) is 10.7 Å². The molecule has 0 aliphatic rings. The molecule has 20 heavy (non-hydrogen) atoms. The Kier molecular flexibility index (Phi) is 4.70. The molecular weight excluding hydrogens is 339 g/mol. The van der Waals surface area contributed by atoms with Gasteiger partial charge in [-0.25, -0.2) is 4.98 Å². The number of nitrogens with two attached hydrogens (primary N) is 1. The lowest BCUT2D eigenvalue weighted by atomic mass is 10.2. The van der Waals surface area contributed by atoms with Crippen molar-refractivity contribution >= 4 is 52.0 Å². The molecule has 0 spiro atoms. The van der Waals surface area contributed by atoms with E-state index in [-0.39, 0.29) is 10.9 Å². The number of rotatable bonds is 3. The summed E-state index contributed by atoms with van der Waals surface area (Å²) in [6, 6.07) is 6.54.